The van der Waals surface area contributed by atoms with E-state index >= 15 is 0 Å². The highest BCUT2D eigenvalue weighted by atomic mass is 16.3. The Kier molecular flexibility index (Phi) is 4.20. The lowest BCUT2D eigenvalue weighted by Crippen LogP contribution is -2.17. The summed E-state index contributed by atoms with van der Waals surface area (Å²) in [4.78, 5) is 12.3. The van der Waals surface area contributed by atoms with E-state index in [0.717, 1.165) is 12.1 Å². The minimum atomic E-state index is -0.635. The van der Waals surface area contributed by atoms with Crippen LogP contribution >= 0.6 is 0 Å². The lowest BCUT2D eigenvalue weighted by atomic mass is 10.1. The third kappa shape index (κ3) is 2.88. The predicted octanol–water partition coefficient (Wildman–Crippen LogP) is 2.29. The van der Waals surface area contributed by atoms with Crippen LogP contribution in [0.3, 0.4) is 0 Å². The molecule has 0 saturated heterocycles. The van der Waals surface area contributed by atoms with Gasteiger partial charge in [-0.05, 0) is 25.5 Å². The molecule has 0 saturated carbocycles. The van der Waals surface area contributed by atoms with Gasteiger partial charge in [-0.15, -0.1) is 0 Å². The maximum absolute atomic E-state index is 12.3. The quantitative estimate of drug-likeness (QED) is 0.898. The molecule has 0 bridgehead atoms. The van der Waals surface area contributed by atoms with Crippen molar-refractivity contribution in [1.29, 1.82) is 0 Å². The minimum Gasteiger partial charge on any atom is -0.389 e. The average molecular weight is 273 g/mol. The second-order valence-electron chi connectivity index (χ2n) is 4.72. The van der Waals surface area contributed by atoms with Gasteiger partial charge in [0.05, 0.1) is 11.8 Å². The number of hydrogen-bond acceptors (Lipinski definition) is 3. The molecule has 1 aromatic carbocycles. The number of hydrogen-bond donors (Lipinski definition) is 2. The Hall–Kier alpha value is -2.14. The van der Waals surface area contributed by atoms with Crippen LogP contribution in [0.4, 0.5) is 5.69 Å². The van der Waals surface area contributed by atoms with Gasteiger partial charge in [-0.2, -0.15) is 5.10 Å². The molecule has 106 valence electrons. The number of para-hydroxylation sites is 1. The number of nitrogens with one attached hydrogen (secondary N) is 1. The van der Waals surface area contributed by atoms with Crippen LogP contribution in [0.15, 0.2) is 30.3 Å². The molecule has 0 aliphatic carbocycles. The maximum atomic E-state index is 12.3. The zero-order valence-electron chi connectivity index (χ0n) is 11.9. The largest absolute Gasteiger partial charge is 0.389 e. The molecule has 0 spiro atoms. The zero-order valence-corrected chi connectivity index (χ0v) is 11.9. The summed E-state index contributed by atoms with van der Waals surface area (Å²) in [6.07, 6.45) is 0.148. The van der Waals surface area contributed by atoms with E-state index in [-0.39, 0.29) is 5.91 Å². The highest BCUT2D eigenvalue weighted by Gasteiger charge is 2.15. The van der Waals surface area contributed by atoms with Gasteiger partial charge < -0.3 is 10.4 Å². The van der Waals surface area contributed by atoms with Gasteiger partial charge in [0.2, 0.25) is 0 Å². The summed E-state index contributed by atoms with van der Waals surface area (Å²) in [5.41, 5.74) is 2.69. The smallest absolute Gasteiger partial charge is 0.273 e. The van der Waals surface area contributed by atoms with Crippen LogP contribution in [0.2, 0.25) is 0 Å². The molecule has 0 aliphatic heterocycles. The first-order chi connectivity index (χ1) is 9.52. The summed E-state index contributed by atoms with van der Waals surface area (Å²) in [5.74, 6) is -0.229. The van der Waals surface area contributed by atoms with E-state index in [1.165, 1.54) is 0 Å². The first-order valence-electron chi connectivity index (χ1n) is 6.64. The van der Waals surface area contributed by atoms with Gasteiger partial charge in [-0.25, -0.2) is 0 Å². The van der Waals surface area contributed by atoms with Crippen LogP contribution < -0.4 is 5.32 Å². The number of aliphatic hydroxyl groups is 1. The van der Waals surface area contributed by atoms with Crippen LogP contribution in [0, 0.1) is 0 Å². The summed E-state index contributed by atoms with van der Waals surface area (Å²) >= 11 is 0. The van der Waals surface area contributed by atoms with E-state index in [2.05, 4.69) is 10.4 Å². The second-order valence-corrected chi connectivity index (χ2v) is 4.72. The van der Waals surface area contributed by atoms with Crippen LogP contribution in [0.1, 0.15) is 41.7 Å². The predicted molar refractivity (Wildman–Crippen MR) is 77.6 cm³/mol. The molecule has 0 fully saturated rings. The van der Waals surface area contributed by atoms with Gasteiger partial charge in [-0.3, -0.25) is 9.48 Å². The third-order valence-corrected chi connectivity index (χ3v) is 3.18. The van der Waals surface area contributed by atoms with Crippen LogP contribution in [0.5, 0.6) is 0 Å². The van der Waals surface area contributed by atoms with E-state index in [0.29, 0.717) is 16.9 Å². The van der Waals surface area contributed by atoms with Gasteiger partial charge >= 0.3 is 0 Å². The fourth-order valence-electron chi connectivity index (χ4n) is 2.07. The first kappa shape index (κ1) is 14.3. The summed E-state index contributed by atoms with van der Waals surface area (Å²) in [6, 6.07) is 9.00. The van der Waals surface area contributed by atoms with Gasteiger partial charge in [-0.1, -0.05) is 25.1 Å². The Balaban J connectivity index is 2.25. The Bertz CT molecular complexity index is 617. The lowest BCUT2D eigenvalue weighted by Gasteiger charge is -2.12. The molecule has 1 heterocycles. The first-order valence-corrected chi connectivity index (χ1v) is 6.64. The number of rotatable bonds is 4. The summed E-state index contributed by atoms with van der Waals surface area (Å²) in [5, 5.41) is 16.8. The normalized spacial score (nSPS) is 12.2. The number of aromatic nitrogens is 2. The van der Waals surface area contributed by atoms with E-state index in [9.17, 15) is 9.90 Å². The van der Waals surface area contributed by atoms with E-state index in [1.807, 2.05) is 19.1 Å². The molecule has 2 rings (SSSR count). The van der Waals surface area contributed by atoms with Crippen LogP contribution in [0.25, 0.3) is 0 Å². The number of nitrogens with zero attached hydrogens (tertiary/aromatic N) is 2. The van der Waals surface area contributed by atoms with Crippen LogP contribution in [-0.2, 0) is 13.5 Å². The monoisotopic (exact) mass is 273 g/mol. The Morgan fingerprint density at radius 2 is 2.15 bits per heavy atom. The highest BCUT2D eigenvalue weighted by molar-refractivity contribution is 6.03. The van der Waals surface area contributed by atoms with Crippen molar-refractivity contribution in [2.24, 2.45) is 7.05 Å². The van der Waals surface area contributed by atoms with Gasteiger partial charge in [0, 0.05) is 18.3 Å². The average Bonchev–Trinajstić information content (AvgIpc) is 2.80. The Morgan fingerprint density at radius 3 is 2.75 bits per heavy atom. The standard InChI is InChI=1S/C15H19N3O2/c1-4-11-9-14(18(3)17-11)15(20)16-13-8-6-5-7-12(13)10(2)19/h5-10,19H,4H2,1-3H3,(H,16,20). The summed E-state index contributed by atoms with van der Waals surface area (Å²) in [6.45, 7) is 3.66. The second kappa shape index (κ2) is 5.88. The minimum absolute atomic E-state index is 0.229. The topological polar surface area (TPSA) is 67.2 Å². The molecular formula is C15H19N3O2. The van der Waals surface area contributed by atoms with Crippen LogP contribution in [-0.4, -0.2) is 20.8 Å². The molecule has 5 nitrogen and oxygen atoms in total. The van der Waals surface area contributed by atoms with Gasteiger partial charge in [0.25, 0.3) is 5.91 Å². The molecular weight excluding hydrogens is 254 g/mol. The van der Waals surface area contributed by atoms with Crippen molar-refractivity contribution in [3.05, 3.63) is 47.3 Å². The number of benzene rings is 1. The van der Waals surface area contributed by atoms with E-state index < -0.39 is 6.10 Å². The number of carbonyl (C=O) groups is 1. The molecule has 1 unspecified atom stereocenters. The van der Waals surface area contributed by atoms with Crippen molar-refractivity contribution in [3.63, 3.8) is 0 Å². The maximum Gasteiger partial charge on any atom is 0.273 e. The van der Waals surface area contributed by atoms with Crippen molar-refractivity contribution >= 4 is 11.6 Å². The number of aryl methyl sites for hydroxylation is 2. The van der Waals surface area contributed by atoms with Crippen molar-refractivity contribution < 1.29 is 9.90 Å². The molecule has 5 heteroatoms. The molecule has 2 N–H and O–H groups in total. The molecule has 20 heavy (non-hydrogen) atoms. The fourth-order valence-corrected chi connectivity index (χ4v) is 2.07. The number of amides is 1. The highest BCUT2D eigenvalue weighted by Crippen LogP contribution is 2.22. The number of anilines is 1. The van der Waals surface area contributed by atoms with Gasteiger partial charge in [0.15, 0.2) is 0 Å². The zero-order chi connectivity index (χ0) is 14.7. The van der Waals surface area contributed by atoms with Gasteiger partial charge in [0.1, 0.15) is 5.69 Å². The molecule has 2 aromatic rings. The van der Waals surface area contributed by atoms with E-state index in [4.69, 9.17) is 0 Å². The summed E-state index contributed by atoms with van der Waals surface area (Å²) < 4.78 is 1.57. The Morgan fingerprint density at radius 1 is 1.45 bits per heavy atom. The van der Waals surface area contributed by atoms with Crippen molar-refractivity contribution in [3.8, 4) is 0 Å². The van der Waals surface area contributed by atoms with Crippen molar-refractivity contribution in [1.82, 2.24) is 9.78 Å². The number of carbonyl (C=O) groups excluding carboxylic acids is 1. The lowest BCUT2D eigenvalue weighted by molar-refractivity contribution is 0.101. The SMILES string of the molecule is CCc1cc(C(=O)Nc2ccccc2C(C)O)n(C)n1. The molecule has 0 aliphatic rings. The summed E-state index contributed by atoms with van der Waals surface area (Å²) in [7, 11) is 1.74. The van der Waals surface area contributed by atoms with Crippen molar-refractivity contribution in [2.45, 2.75) is 26.4 Å². The van der Waals surface area contributed by atoms with E-state index in [1.54, 1.807) is 36.9 Å². The fraction of sp³-hybridized carbons (Fsp3) is 0.333. The van der Waals surface area contributed by atoms with Crippen molar-refractivity contribution in [2.75, 3.05) is 5.32 Å². The molecule has 0 radical (unpaired) electrons. The third-order valence-electron chi connectivity index (χ3n) is 3.18. The number of aliphatic hydroxyl groups excluding tert-OH is 1. The molecule has 1 aromatic heterocycles. The molecule has 1 amide bonds. The Labute approximate surface area is 118 Å². The molecule has 1 atom stereocenters.